The molecule has 1 heterocycles. The van der Waals surface area contributed by atoms with Gasteiger partial charge in [-0.1, -0.05) is 11.6 Å². The van der Waals surface area contributed by atoms with E-state index in [1.807, 2.05) is 13.0 Å². The van der Waals surface area contributed by atoms with E-state index < -0.39 is 6.10 Å². The number of thiophene rings is 1. The molecular weight excluding hydrogens is 339 g/mol. The molecule has 1 nitrogen and oxygen atoms in total. The Morgan fingerprint density at radius 2 is 2.17 bits per heavy atom. The molecule has 1 atom stereocenters. The highest BCUT2D eigenvalue weighted by molar-refractivity contribution is 9.10. The van der Waals surface area contributed by atoms with Gasteiger partial charge in [-0.3, -0.25) is 0 Å². The molecule has 0 aliphatic carbocycles. The second-order valence-electron chi connectivity index (χ2n) is 4.01. The van der Waals surface area contributed by atoms with E-state index in [4.69, 9.17) is 11.6 Å². The van der Waals surface area contributed by atoms with Crippen LogP contribution in [0.3, 0.4) is 0 Å². The average molecular weight is 350 g/mol. The average Bonchev–Trinajstić information content (AvgIpc) is 2.64. The topological polar surface area (TPSA) is 20.2 Å². The Kier molecular flexibility index (Phi) is 4.43. The minimum atomic E-state index is -0.715. The predicted molar refractivity (Wildman–Crippen MR) is 76.8 cm³/mol. The first-order valence-corrected chi connectivity index (χ1v) is 7.34. The third-order valence-electron chi connectivity index (χ3n) is 2.63. The number of hydrogen-bond donors (Lipinski definition) is 1. The van der Waals surface area contributed by atoms with Gasteiger partial charge in [0.1, 0.15) is 5.82 Å². The van der Waals surface area contributed by atoms with Gasteiger partial charge in [-0.2, -0.15) is 0 Å². The van der Waals surface area contributed by atoms with Crippen LogP contribution in [-0.4, -0.2) is 5.11 Å². The molecule has 0 spiro atoms. The summed E-state index contributed by atoms with van der Waals surface area (Å²) in [7, 11) is 0. The number of halogens is 3. The second-order valence-corrected chi connectivity index (χ2v) is 6.59. The van der Waals surface area contributed by atoms with Crippen LogP contribution in [0, 0.1) is 12.7 Å². The Bertz CT molecular complexity index is 551. The molecule has 2 rings (SSSR count). The molecule has 0 fully saturated rings. The number of aliphatic hydroxyl groups is 1. The highest BCUT2D eigenvalue weighted by Crippen LogP contribution is 2.32. The molecule has 1 aromatic carbocycles. The van der Waals surface area contributed by atoms with Crippen molar-refractivity contribution in [3.05, 3.63) is 54.9 Å². The van der Waals surface area contributed by atoms with Crippen LogP contribution < -0.4 is 0 Å². The van der Waals surface area contributed by atoms with E-state index in [2.05, 4.69) is 15.9 Å². The molecule has 0 saturated heterocycles. The maximum atomic E-state index is 13.6. The van der Waals surface area contributed by atoms with Crippen molar-refractivity contribution in [2.45, 2.75) is 19.4 Å². The van der Waals surface area contributed by atoms with E-state index in [-0.39, 0.29) is 12.2 Å². The maximum Gasteiger partial charge on any atom is 0.126 e. The molecule has 1 unspecified atom stereocenters. The molecule has 0 aliphatic heterocycles. The zero-order valence-electron chi connectivity index (χ0n) is 9.58. The van der Waals surface area contributed by atoms with Crippen molar-refractivity contribution >= 4 is 38.9 Å². The minimum Gasteiger partial charge on any atom is -0.387 e. The van der Waals surface area contributed by atoms with Crippen molar-refractivity contribution in [3.8, 4) is 0 Å². The van der Waals surface area contributed by atoms with Crippen molar-refractivity contribution in [3.63, 3.8) is 0 Å². The van der Waals surface area contributed by atoms with E-state index in [1.165, 1.54) is 23.5 Å². The SMILES string of the molecule is Cc1sc(C(O)Cc2cc(Cl)ccc2F)cc1Br. The minimum absolute atomic E-state index is 0.221. The van der Waals surface area contributed by atoms with Crippen molar-refractivity contribution in [1.82, 2.24) is 0 Å². The Morgan fingerprint density at radius 1 is 1.44 bits per heavy atom. The number of rotatable bonds is 3. The summed E-state index contributed by atoms with van der Waals surface area (Å²) in [4.78, 5) is 1.91. The van der Waals surface area contributed by atoms with Crippen molar-refractivity contribution < 1.29 is 9.50 Å². The van der Waals surface area contributed by atoms with E-state index >= 15 is 0 Å². The number of hydrogen-bond acceptors (Lipinski definition) is 2. The lowest BCUT2D eigenvalue weighted by molar-refractivity contribution is 0.181. The van der Waals surface area contributed by atoms with Gasteiger partial charge in [0.05, 0.1) is 6.10 Å². The van der Waals surface area contributed by atoms with Gasteiger partial charge in [0.15, 0.2) is 0 Å². The summed E-state index contributed by atoms with van der Waals surface area (Å²) in [6.45, 7) is 1.96. The van der Waals surface area contributed by atoms with E-state index in [0.29, 0.717) is 10.6 Å². The molecule has 1 aromatic heterocycles. The number of benzene rings is 1. The van der Waals surface area contributed by atoms with Crippen LogP contribution in [0.5, 0.6) is 0 Å². The summed E-state index contributed by atoms with van der Waals surface area (Å²) in [6.07, 6.45) is -0.494. The van der Waals surface area contributed by atoms with Gasteiger partial charge in [0.2, 0.25) is 0 Å². The lowest BCUT2D eigenvalue weighted by Gasteiger charge is -2.09. The molecule has 18 heavy (non-hydrogen) atoms. The molecule has 1 N–H and O–H groups in total. The molecule has 0 aliphatic rings. The summed E-state index contributed by atoms with van der Waals surface area (Å²) in [6, 6.07) is 6.24. The van der Waals surface area contributed by atoms with Gasteiger partial charge >= 0.3 is 0 Å². The summed E-state index contributed by atoms with van der Waals surface area (Å²) in [5.41, 5.74) is 0.428. The van der Waals surface area contributed by atoms with Gasteiger partial charge in [-0.15, -0.1) is 11.3 Å². The van der Waals surface area contributed by atoms with Gasteiger partial charge < -0.3 is 5.11 Å². The van der Waals surface area contributed by atoms with Gasteiger partial charge in [0.25, 0.3) is 0 Å². The van der Waals surface area contributed by atoms with Crippen LogP contribution >= 0.6 is 38.9 Å². The first-order chi connectivity index (χ1) is 8.47. The van der Waals surface area contributed by atoms with Gasteiger partial charge in [-0.05, 0) is 52.7 Å². The fourth-order valence-electron chi connectivity index (χ4n) is 1.65. The van der Waals surface area contributed by atoms with Gasteiger partial charge in [0, 0.05) is 25.7 Å². The Balaban J connectivity index is 2.20. The third-order valence-corrected chi connectivity index (χ3v) is 5.10. The molecule has 0 saturated carbocycles. The quantitative estimate of drug-likeness (QED) is 0.836. The zero-order chi connectivity index (χ0) is 13.3. The lowest BCUT2D eigenvalue weighted by atomic mass is 10.1. The first kappa shape index (κ1) is 14.0. The molecule has 5 heteroatoms. The van der Waals surface area contributed by atoms with Crippen LogP contribution in [0.25, 0.3) is 0 Å². The smallest absolute Gasteiger partial charge is 0.126 e. The fraction of sp³-hybridized carbons (Fsp3) is 0.231. The summed E-state index contributed by atoms with van der Waals surface area (Å²) >= 11 is 10.7. The van der Waals surface area contributed by atoms with Crippen molar-refractivity contribution in [1.29, 1.82) is 0 Å². The van der Waals surface area contributed by atoms with E-state index in [1.54, 1.807) is 6.07 Å². The standard InChI is InChI=1S/C13H11BrClFOS/c1-7-10(14)6-13(18-7)12(17)5-8-4-9(15)2-3-11(8)16/h2-4,6,12,17H,5H2,1H3. The molecule has 0 amide bonds. The van der Waals surface area contributed by atoms with Crippen molar-refractivity contribution in [2.24, 2.45) is 0 Å². The molecule has 0 radical (unpaired) electrons. The van der Waals surface area contributed by atoms with Crippen LogP contribution in [0.1, 0.15) is 21.4 Å². The van der Waals surface area contributed by atoms with Crippen molar-refractivity contribution in [2.75, 3.05) is 0 Å². The highest BCUT2D eigenvalue weighted by atomic mass is 79.9. The lowest BCUT2D eigenvalue weighted by Crippen LogP contribution is -2.01. The Hall–Kier alpha value is -0.420. The predicted octanol–water partition coefficient (Wildman–Crippen LogP) is 4.89. The third kappa shape index (κ3) is 3.12. The molecular formula is C13H11BrClFOS. The van der Waals surface area contributed by atoms with E-state index in [0.717, 1.165) is 14.2 Å². The Labute approximate surface area is 122 Å². The Morgan fingerprint density at radius 3 is 2.78 bits per heavy atom. The number of aliphatic hydroxyl groups excluding tert-OH is 1. The van der Waals surface area contributed by atoms with Crippen LogP contribution in [0.15, 0.2) is 28.7 Å². The van der Waals surface area contributed by atoms with Crippen LogP contribution in [0.2, 0.25) is 5.02 Å². The van der Waals surface area contributed by atoms with Crippen LogP contribution in [-0.2, 0) is 6.42 Å². The monoisotopic (exact) mass is 348 g/mol. The first-order valence-electron chi connectivity index (χ1n) is 5.35. The maximum absolute atomic E-state index is 13.6. The summed E-state index contributed by atoms with van der Waals surface area (Å²) in [5.74, 6) is -0.342. The zero-order valence-corrected chi connectivity index (χ0v) is 12.7. The highest BCUT2D eigenvalue weighted by Gasteiger charge is 2.15. The molecule has 96 valence electrons. The largest absolute Gasteiger partial charge is 0.387 e. The van der Waals surface area contributed by atoms with E-state index in [9.17, 15) is 9.50 Å². The summed E-state index contributed by atoms with van der Waals surface area (Å²) in [5, 5.41) is 10.6. The normalized spacial score (nSPS) is 12.7. The molecule has 2 aromatic rings. The molecule has 0 bridgehead atoms. The second kappa shape index (κ2) is 5.70. The van der Waals surface area contributed by atoms with Crippen LogP contribution in [0.4, 0.5) is 4.39 Å². The summed E-state index contributed by atoms with van der Waals surface area (Å²) < 4.78 is 14.5. The fourth-order valence-corrected chi connectivity index (χ4v) is 3.40. The van der Waals surface area contributed by atoms with Gasteiger partial charge in [-0.25, -0.2) is 4.39 Å². The number of aryl methyl sites for hydroxylation is 1.